The van der Waals surface area contributed by atoms with Crippen molar-refractivity contribution in [2.45, 2.75) is 32.7 Å². The Kier molecular flexibility index (Phi) is 5.31. The van der Waals surface area contributed by atoms with Crippen LogP contribution in [0.4, 0.5) is 4.79 Å². The second kappa shape index (κ2) is 6.31. The minimum Gasteiger partial charge on any atom is -0.481 e. The average molecular weight is 274 g/mol. The van der Waals surface area contributed by atoms with Gasteiger partial charge in [-0.05, 0) is 25.5 Å². The molecule has 5 nitrogen and oxygen atoms in total. The Morgan fingerprint density at radius 2 is 2.22 bits per heavy atom. The zero-order chi connectivity index (χ0) is 13.8. The number of urea groups is 1. The van der Waals surface area contributed by atoms with Crippen molar-refractivity contribution >= 4 is 23.8 Å². The maximum absolute atomic E-state index is 11.9. The molecule has 104 valence electrons. The first-order valence-corrected chi connectivity index (χ1v) is 7.38. The van der Waals surface area contributed by atoms with Gasteiger partial charge in [0.1, 0.15) is 0 Å². The monoisotopic (exact) mass is 274 g/mol. The Hall–Kier alpha value is -0.910. The van der Waals surface area contributed by atoms with Crippen LogP contribution in [0, 0.1) is 5.41 Å². The van der Waals surface area contributed by atoms with E-state index in [9.17, 15) is 9.59 Å². The lowest BCUT2D eigenvalue weighted by Gasteiger charge is -2.28. The highest BCUT2D eigenvalue weighted by Crippen LogP contribution is 2.22. The van der Waals surface area contributed by atoms with Gasteiger partial charge in [0.25, 0.3) is 0 Å². The van der Waals surface area contributed by atoms with E-state index < -0.39 is 11.4 Å². The van der Waals surface area contributed by atoms with Crippen LogP contribution in [-0.2, 0) is 4.79 Å². The highest BCUT2D eigenvalue weighted by atomic mass is 32.2. The van der Waals surface area contributed by atoms with Gasteiger partial charge < -0.3 is 15.3 Å². The zero-order valence-corrected chi connectivity index (χ0v) is 12.0. The molecule has 2 unspecified atom stereocenters. The standard InChI is InChI=1S/C12H22N2O3S/c1-4-12(2,10(15)16)8-13-11(17)14(3)9-5-6-18-7-9/h9H,4-8H2,1-3H3,(H,13,17)(H,15,16). The van der Waals surface area contributed by atoms with E-state index in [0.29, 0.717) is 6.42 Å². The predicted octanol–water partition coefficient (Wildman–Crippen LogP) is 1.63. The fourth-order valence-electron chi connectivity index (χ4n) is 1.74. The molecule has 1 heterocycles. The van der Waals surface area contributed by atoms with Gasteiger partial charge in [-0.2, -0.15) is 11.8 Å². The van der Waals surface area contributed by atoms with Crippen molar-refractivity contribution in [2.24, 2.45) is 5.41 Å². The summed E-state index contributed by atoms with van der Waals surface area (Å²) in [5.74, 6) is 1.18. The van der Waals surface area contributed by atoms with E-state index in [-0.39, 0.29) is 18.6 Å². The molecule has 0 saturated carbocycles. The number of aliphatic carboxylic acids is 1. The minimum absolute atomic E-state index is 0.169. The third-order valence-electron chi connectivity index (χ3n) is 3.70. The van der Waals surface area contributed by atoms with Gasteiger partial charge in [-0.1, -0.05) is 6.92 Å². The van der Waals surface area contributed by atoms with Gasteiger partial charge >= 0.3 is 12.0 Å². The van der Waals surface area contributed by atoms with E-state index >= 15 is 0 Å². The highest BCUT2D eigenvalue weighted by Gasteiger charge is 2.32. The van der Waals surface area contributed by atoms with E-state index in [1.807, 2.05) is 18.7 Å². The number of hydrogen-bond donors (Lipinski definition) is 2. The second-order valence-electron chi connectivity index (χ2n) is 5.01. The van der Waals surface area contributed by atoms with E-state index in [0.717, 1.165) is 17.9 Å². The van der Waals surface area contributed by atoms with Crippen LogP contribution in [0.15, 0.2) is 0 Å². The molecule has 6 heteroatoms. The van der Waals surface area contributed by atoms with Gasteiger partial charge in [0.05, 0.1) is 5.41 Å². The summed E-state index contributed by atoms with van der Waals surface area (Å²) in [6.45, 7) is 3.64. The molecule has 0 radical (unpaired) electrons. The fraction of sp³-hybridized carbons (Fsp3) is 0.833. The molecule has 0 aromatic heterocycles. The van der Waals surface area contributed by atoms with Crippen LogP contribution in [0.2, 0.25) is 0 Å². The Labute approximate surface area is 112 Å². The zero-order valence-electron chi connectivity index (χ0n) is 11.2. The van der Waals surface area contributed by atoms with Crippen molar-refractivity contribution in [2.75, 3.05) is 25.1 Å². The lowest BCUT2D eigenvalue weighted by molar-refractivity contribution is -0.147. The molecule has 2 N–H and O–H groups in total. The number of rotatable bonds is 5. The maximum atomic E-state index is 11.9. The number of nitrogens with zero attached hydrogens (tertiary/aromatic N) is 1. The maximum Gasteiger partial charge on any atom is 0.317 e. The number of carboxylic acid groups (broad SMARTS) is 1. The molecule has 0 spiro atoms. The summed E-state index contributed by atoms with van der Waals surface area (Å²) in [6, 6.07) is 0.0936. The molecule has 2 amide bonds. The van der Waals surface area contributed by atoms with Crippen molar-refractivity contribution in [3.8, 4) is 0 Å². The molecule has 0 aromatic rings. The number of carbonyl (C=O) groups excluding carboxylic acids is 1. The minimum atomic E-state index is -0.888. The number of nitrogens with one attached hydrogen (secondary N) is 1. The normalized spacial score (nSPS) is 22.3. The number of carbonyl (C=O) groups is 2. The third kappa shape index (κ3) is 3.54. The molecule has 2 atom stereocenters. The number of thioether (sulfide) groups is 1. The molecule has 18 heavy (non-hydrogen) atoms. The molecule has 1 rings (SSSR count). The van der Waals surface area contributed by atoms with Crippen molar-refractivity contribution in [1.82, 2.24) is 10.2 Å². The van der Waals surface area contributed by atoms with Gasteiger partial charge in [-0.25, -0.2) is 4.79 Å². The van der Waals surface area contributed by atoms with Crippen molar-refractivity contribution in [3.05, 3.63) is 0 Å². The Balaban J connectivity index is 2.47. The molecule has 0 aliphatic carbocycles. The topological polar surface area (TPSA) is 69.6 Å². The summed E-state index contributed by atoms with van der Waals surface area (Å²) in [5.41, 5.74) is -0.888. The van der Waals surface area contributed by atoms with E-state index in [4.69, 9.17) is 5.11 Å². The van der Waals surface area contributed by atoms with Crippen LogP contribution in [0.5, 0.6) is 0 Å². The molecular formula is C12H22N2O3S. The number of amides is 2. The summed E-state index contributed by atoms with van der Waals surface area (Å²) >= 11 is 1.85. The Bertz CT molecular complexity index is 318. The summed E-state index contributed by atoms with van der Waals surface area (Å²) in [5, 5.41) is 11.9. The molecular weight excluding hydrogens is 252 g/mol. The SMILES string of the molecule is CCC(C)(CNC(=O)N(C)C1CCSC1)C(=O)O. The lowest BCUT2D eigenvalue weighted by atomic mass is 9.88. The molecule has 1 aliphatic rings. The van der Waals surface area contributed by atoms with Crippen molar-refractivity contribution in [3.63, 3.8) is 0 Å². The number of carboxylic acids is 1. The molecule has 1 fully saturated rings. The Morgan fingerprint density at radius 1 is 1.56 bits per heavy atom. The third-order valence-corrected chi connectivity index (χ3v) is 4.84. The summed E-state index contributed by atoms with van der Waals surface area (Å²) in [7, 11) is 1.77. The smallest absolute Gasteiger partial charge is 0.317 e. The van der Waals surface area contributed by atoms with Gasteiger partial charge in [-0.15, -0.1) is 0 Å². The molecule has 1 saturated heterocycles. The van der Waals surface area contributed by atoms with Gasteiger partial charge in [0.2, 0.25) is 0 Å². The van der Waals surface area contributed by atoms with Gasteiger partial charge in [-0.3, -0.25) is 4.79 Å². The van der Waals surface area contributed by atoms with Crippen molar-refractivity contribution < 1.29 is 14.7 Å². The fourth-order valence-corrected chi connectivity index (χ4v) is 3.01. The van der Waals surface area contributed by atoms with E-state index in [1.54, 1.807) is 18.9 Å². The van der Waals surface area contributed by atoms with Crippen LogP contribution < -0.4 is 5.32 Å². The second-order valence-corrected chi connectivity index (χ2v) is 6.16. The Morgan fingerprint density at radius 3 is 2.67 bits per heavy atom. The van der Waals surface area contributed by atoms with Crippen LogP contribution >= 0.6 is 11.8 Å². The van der Waals surface area contributed by atoms with Crippen molar-refractivity contribution in [1.29, 1.82) is 0 Å². The van der Waals surface area contributed by atoms with E-state index in [1.165, 1.54) is 0 Å². The first kappa shape index (κ1) is 15.1. The van der Waals surface area contributed by atoms with Crippen LogP contribution in [0.3, 0.4) is 0 Å². The van der Waals surface area contributed by atoms with Crippen LogP contribution in [0.25, 0.3) is 0 Å². The first-order valence-electron chi connectivity index (χ1n) is 6.22. The van der Waals surface area contributed by atoms with Crippen LogP contribution in [-0.4, -0.2) is 53.1 Å². The molecule has 0 bridgehead atoms. The van der Waals surface area contributed by atoms with E-state index in [2.05, 4.69) is 5.32 Å². The summed E-state index contributed by atoms with van der Waals surface area (Å²) in [6.07, 6.45) is 1.50. The highest BCUT2D eigenvalue weighted by molar-refractivity contribution is 7.99. The summed E-state index contributed by atoms with van der Waals surface area (Å²) < 4.78 is 0. The van der Waals surface area contributed by atoms with Gasteiger partial charge in [0.15, 0.2) is 0 Å². The lowest BCUT2D eigenvalue weighted by Crippen LogP contribution is -2.48. The van der Waals surface area contributed by atoms with Crippen LogP contribution in [0.1, 0.15) is 26.7 Å². The molecule has 0 aromatic carbocycles. The average Bonchev–Trinajstić information content (AvgIpc) is 2.88. The largest absolute Gasteiger partial charge is 0.481 e. The first-order chi connectivity index (χ1) is 8.40. The summed E-state index contributed by atoms with van der Waals surface area (Å²) in [4.78, 5) is 24.7. The number of hydrogen-bond acceptors (Lipinski definition) is 3. The predicted molar refractivity (Wildman–Crippen MR) is 72.9 cm³/mol. The quantitative estimate of drug-likeness (QED) is 0.799. The van der Waals surface area contributed by atoms with Gasteiger partial charge in [0, 0.05) is 25.4 Å². The molecule has 1 aliphatic heterocycles.